The van der Waals surface area contributed by atoms with Gasteiger partial charge in [0, 0.05) is 6.54 Å². The van der Waals surface area contributed by atoms with Crippen molar-refractivity contribution in [3.05, 3.63) is 59.2 Å². The minimum Gasteiger partial charge on any atom is -0.493 e. The third-order valence-electron chi connectivity index (χ3n) is 7.81. The van der Waals surface area contributed by atoms with E-state index in [1.807, 2.05) is 42.5 Å². The van der Waals surface area contributed by atoms with E-state index in [-0.39, 0.29) is 24.4 Å². The van der Waals surface area contributed by atoms with Gasteiger partial charge in [0.25, 0.3) is 5.91 Å². The third kappa shape index (κ3) is 4.18. The van der Waals surface area contributed by atoms with Crippen LogP contribution in [0.5, 0.6) is 11.5 Å². The number of ether oxygens (including phenoxy) is 2. The molecule has 8 nitrogen and oxygen atoms in total. The standard InChI is InChI=1S/C28H33N3O5/c1-35-22-16-20-12-15-30(25(19-10-6-5-7-11-19)21(20)17-23(22)36-2)24(32)18-31-26(33)28(29-27(31)34)13-8-3-4-9-14-28/h5-7,10-11,16-17,25H,3-4,8-9,12-15,18H2,1-2H3,(H,29,34). The summed E-state index contributed by atoms with van der Waals surface area (Å²) in [6, 6.07) is 12.9. The Morgan fingerprint density at radius 1 is 1.00 bits per heavy atom. The quantitative estimate of drug-likeness (QED) is 0.643. The minimum absolute atomic E-state index is 0.251. The molecule has 36 heavy (non-hydrogen) atoms. The lowest BCUT2D eigenvalue weighted by molar-refractivity contribution is -0.140. The van der Waals surface area contributed by atoms with E-state index in [0.717, 1.165) is 47.3 Å². The maximum absolute atomic E-state index is 13.8. The second-order valence-corrected chi connectivity index (χ2v) is 9.87. The molecule has 0 aromatic heterocycles. The zero-order chi connectivity index (χ0) is 25.3. The predicted molar refractivity (Wildman–Crippen MR) is 134 cm³/mol. The molecule has 0 bridgehead atoms. The molecule has 1 atom stereocenters. The van der Waals surface area contributed by atoms with Gasteiger partial charge in [-0.2, -0.15) is 0 Å². The van der Waals surface area contributed by atoms with Gasteiger partial charge >= 0.3 is 6.03 Å². The lowest BCUT2D eigenvalue weighted by Gasteiger charge is -2.38. The van der Waals surface area contributed by atoms with Gasteiger partial charge in [0.1, 0.15) is 12.1 Å². The highest BCUT2D eigenvalue weighted by Crippen LogP contribution is 2.41. The number of urea groups is 1. The molecular formula is C28H33N3O5. The van der Waals surface area contributed by atoms with Crippen molar-refractivity contribution in [2.75, 3.05) is 27.3 Å². The fourth-order valence-electron chi connectivity index (χ4n) is 5.93. The topological polar surface area (TPSA) is 88.2 Å². The number of fused-ring (bicyclic) bond motifs is 1. The minimum atomic E-state index is -0.856. The van der Waals surface area contributed by atoms with Gasteiger partial charge in [-0.05, 0) is 48.1 Å². The molecule has 2 aromatic carbocycles. The van der Waals surface area contributed by atoms with Crippen LogP contribution in [-0.4, -0.2) is 60.5 Å². The number of carbonyl (C=O) groups is 3. The number of carbonyl (C=O) groups excluding carboxylic acids is 3. The van der Waals surface area contributed by atoms with Crippen LogP contribution >= 0.6 is 0 Å². The number of amides is 4. The Labute approximate surface area is 211 Å². The number of nitrogens with one attached hydrogen (secondary N) is 1. The van der Waals surface area contributed by atoms with Gasteiger partial charge in [-0.3, -0.25) is 14.5 Å². The summed E-state index contributed by atoms with van der Waals surface area (Å²) in [7, 11) is 3.20. The number of rotatable bonds is 5. The molecule has 190 valence electrons. The van der Waals surface area contributed by atoms with Gasteiger partial charge in [-0.15, -0.1) is 0 Å². The summed E-state index contributed by atoms with van der Waals surface area (Å²) in [5.74, 6) is 0.730. The number of hydrogen-bond donors (Lipinski definition) is 1. The van der Waals surface area contributed by atoms with Crippen LogP contribution in [0, 0.1) is 0 Å². The molecule has 3 aliphatic rings. The van der Waals surface area contributed by atoms with Crippen LogP contribution in [0.1, 0.15) is 61.3 Å². The highest BCUT2D eigenvalue weighted by molar-refractivity contribution is 6.09. The molecule has 4 amide bonds. The molecule has 1 saturated carbocycles. The maximum atomic E-state index is 13.8. The molecule has 1 N–H and O–H groups in total. The van der Waals surface area contributed by atoms with Crippen molar-refractivity contribution in [3.8, 4) is 11.5 Å². The maximum Gasteiger partial charge on any atom is 0.325 e. The first-order valence-corrected chi connectivity index (χ1v) is 12.7. The van der Waals surface area contributed by atoms with Crippen molar-refractivity contribution < 1.29 is 23.9 Å². The SMILES string of the molecule is COc1cc2c(cc1OC)C(c1ccccc1)N(C(=O)CN1C(=O)NC3(CCCCCC3)C1=O)CC2. The molecule has 1 aliphatic carbocycles. The smallest absolute Gasteiger partial charge is 0.325 e. The molecular weight excluding hydrogens is 458 g/mol. The van der Waals surface area contributed by atoms with Crippen LogP contribution in [0.25, 0.3) is 0 Å². The zero-order valence-corrected chi connectivity index (χ0v) is 20.9. The second kappa shape index (κ2) is 9.84. The summed E-state index contributed by atoms with van der Waals surface area (Å²) in [6.07, 6.45) is 5.82. The van der Waals surface area contributed by atoms with Gasteiger partial charge in [0.15, 0.2) is 11.5 Å². The van der Waals surface area contributed by atoms with Crippen LogP contribution < -0.4 is 14.8 Å². The summed E-state index contributed by atoms with van der Waals surface area (Å²) in [5, 5.41) is 2.94. The number of nitrogens with zero attached hydrogens (tertiary/aromatic N) is 2. The Kier molecular flexibility index (Phi) is 6.60. The molecule has 8 heteroatoms. The highest BCUT2D eigenvalue weighted by atomic mass is 16.5. The van der Waals surface area contributed by atoms with E-state index in [0.29, 0.717) is 37.3 Å². The van der Waals surface area contributed by atoms with Crippen molar-refractivity contribution >= 4 is 17.8 Å². The van der Waals surface area contributed by atoms with Gasteiger partial charge < -0.3 is 19.7 Å². The Bertz CT molecular complexity index is 1160. The normalized spacial score (nSPS) is 21.1. The van der Waals surface area contributed by atoms with Crippen LogP contribution in [0.15, 0.2) is 42.5 Å². The third-order valence-corrected chi connectivity index (χ3v) is 7.81. The molecule has 1 spiro atoms. The lowest BCUT2D eigenvalue weighted by Crippen LogP contribution is -2.49. The average molecular weight is 492 g/mol. The van der Waals surface area contributed by atoms with Crippen LogP contribution in [0.2, 0.25) is 0 Å². The van der Waals surface area contributed by atoms with Crippen molar-refractivity contribution in [3.63, 3.8) is 0 Å². The second-order valence-electron chi connectivity index (χ2n) is 9.87. The summed E-state index contributed by atoms with van der Waals surface area (Å²) in [5.41, 5.74) is 2.13. The molecule has 1 unspecified atom stereocenters. The van der Waals surface area contributed by atoms with E-state index in [4.69, 9.17) is 9.47 Å². The van der Waals surface area contributed by atoms with E-state index >= 15 is 0 Å². The first-order valence-electron chi connectivity index (χ1n) is 12.7. The predicted octanol–water partition coefficient (Wildman–Crippen LogP) is 3.82. The first kappa shape index (κ1) is 24.2. The lowest BCUT2D eigenvalue weighted by atomic mass is 9.87. The van der Waals surface area contributed by atoms with Crippen molar-refractivity contribution in [2.24, 2.45) is 0 Å². The van der Waals surface area contributed by atoms with Gasteiger partial charge in [-0.1, -0.05) is 56.0 Å². The molecule has 1 saturated heterocycles. The summed E-state index contributed by atoms with van der Waals surface area (Å²) in [4.78, 5) is 43.0. The van der Waals surface area contributed by atoms with Gasteiger partial charge in [0.2, 0.25) is 5.91 Å². The van der Waals surface area contributed by atoms with Crippen molar-refractivity contribution in [1.82, 2.24) is 15.1 Å². The summed E-state index contributed by atoms with van der Waals surface area (Å²) in [6.45, 7) is 0.202. The molecule has 5 rings (SSSR count). The van der Waals surface area contributed by atoms with E-state index in [9.17, 15) is 14.4 Å². The van der Waals surface area contributed by atoms with Crippen LogP contribution in [0.3, 0.4) is 0 Å². The number of methoxy groups -OCH3 is 2. The Morgan fingerprint density at radius 2 is 1.67 bits per heavy atom. The van der Waals surface area contributed by atoms with Crippen molar-refractivity contribution in [2.45, 2.75) is 56.5 Å². The molecule has 2 fully saturated rings. The molecule has 2 aromatic rings. The fourth-order valence-corrected chi connectivity index (χ4v) is 5.93. The Hall–Kier alpha value is -3.55. The fraction of sp³-hybridized carbons (Fsp3) is 0.464. The number of hydrogen-bond acceptors (Lipinski definition) is 5. The number of benzene rings is 2. The molecule has 2 aliphatic heterocycles. The van der Waals surface area contributed by atoms with E-state index in [1.165, 1.54) is 0 Å². The van der Waals surface area contributed by atoms with E-state index in [2.05, 4.69) is 5.32 Å². The largest absolute Gasteiger partial charge is 0.493 e. The van der Waals surface area contributed by atoms with Crippen LogP contribution in [0.4, 0.5) is 4.79 Å². The van der Waals surface area contributed by atoms with E-state index < -0.39 is 11.6 Å². The highest BCUT2D eigenvalue weighted by Gasteiger charge is 2.51. The first-order chi connectivity index (χ1) is 17.5. The molecule has 0 radical (unpaired) electrons. The summed E-state index contributed by atoms with van der Waals surface area (Å²) < 4.78 is 11.1. The number of imide groups is 1. The Morgan fingerprint density at radius 3 is 2.33 bits per heavy atom. The molecule has 2 heterocycles. The van der Waals surface area contributed by atoms with Gasteiger partial charge in [-0.25, -0.2) is 4.79 Å². The zero-order valence-electron chi connectivity index (χ0n) is 20.9. The Balaban J connectivity index is 1.46. The average Bonchev–Trinajstić information content (AvgIpc) is 3.05. The monoisotopic (exact) mass is 491 g/mol. The van der Waals surface area contributed by atoms with Crippen LogP contribution in [-0.2, 0) is 16.0 Å². The van der Waals surface area contributed by atoms with Gasteiger partial charge in [0.05, 0.1) is 20.3 Å². The van der Waals surface area contributed by atoms with Crippen molar-refractivity contribution in [1.29, 1.82) is 0 Å². The van der Waals surface area contributed by atoms with E-state index in [1.54, 1.807) is 19.1 Å². The summed E-state index contributed by atoms with van der Waals surface area (Å²) >= 11 is 0.